The molecule has 0 saturated carbocycles. The van der Waals surface area contributed by atoms with Gasteiger partial charge in [0.2, 0.25) is 0 Å². The summed E-state index contributed by atoms with van der Waals surface area (Å²) in [5.41, 5.74) is 11.5. The first-order valence-electron chi connectivity index (χ1n) is 7.04. The van der Waals surface area contributed by atoms with Crippen LogP contribution in [0.15, 0.2) is 60.7 Å². The third-order valence-corrected chi connectivity index (χ3v) is 3.79. The van der Waals surface area contributed by atoms with E-state index in [4.69, 9.17) is 5.73 Å². The van der Waals surface area contributed by atoms with Crippen LogP contribution in [0.25, 0.3) is 22.3 Å². The van der Waals surface area contributed by atoms with E-state index in [1.165, 1.54) is 0 Å². The van der Waals surface area contributed by atoms with Gasteiger partial charge in [0, 0.05) is 11.3 Å². The van der Waals surface area contributed by atoms with Crippen molar-refractivity contribution in [3.05, 3.63) is 66.2 Å². The van der Waals surface area contributed by atoms with Crippen LogP contribution in [0.2, 0.25) is 0 Å². The molecule has 110 valence electrons. The quantitative estimate of drug-likeness (QED) is 0.616. The number of nitrogens with two attached hydrogens (primary N) is 1. The molecule has 0 aromatic heterocycles. The van der Waals surface area contributed by atoms with Crippen LogP contribution in [0.3, 0.4) is 0 Å². The third kappa shape index (κ3) is 2.49. The average molecular weight is 291 g/mol. The molecule has 3 heteroatoms. The number of anilines is 1. The number of phenolic OH excluding ortho intramolecular Hbond substituents is 2. The molecule has 0 atom stereocenters. The molecule has 0 spiro atoms. The van der Waals surface area contributed by atoms with Crippen LogP contribution in [0.5, 0.6) is 11.5 Å². The molecule has 0 aliphatic heterocycles. The minimum Gasteiger partial charge on any atom is -0.508 e. The fraction of sp³-hybridized carbons (Fsp3) is 0.0526. The lowest BCUT2D eigenvalue weighted by Crippen LogP contribution is -1.95. The van der Waals surface area contributed by atoms with Gasteiger partial charge in [-0.1, -0.05) is 30.3 Å². The van der Waals surface area contributed by atoms with Crippen molar-refractivity contribution in [3.8, 4) is 33.8 Å². The van der Waals surface area contributed by atoms with Gasteiger partial charge in [0.15, 0.2) is 0 Å². The highest BCUT2D eigenvalue weighted by molar-refractivity contribution is 5.86. The molecule has 3 rings (SSSR count). The molecule has 0 radical (unpaired) electrons. The highest BCUT2D eigenvalue weighted by atomic mass is 16.3. The minimum atomic E-state index is 0.207. The van der Waals surface area contributed by atoms with Gasteiger partial charge in [0.25, 0.3) is 0 Å². The Bertz CT molecular complexity index is 841. The molecule has 3 aromatic rings. The van der Waals surface area contributed by atoms with Crippen LogP contribution in [0.4, 0.5) is 5.69 Å². The van der Waals surface area contributed by atoms with Crippen molar-refractivity contribution < 1.29 is 10.2 Å². The van der Waals surface area contributed by atoms with Gasteiger partial charge in [-0.2, -0.15) is 0 Å². The molecule has 0 saturated heterocycles. The van der Waals surface area contributed by atoms with E-state index in [0.29, 0.717) is 5.69 Å². The Morgan fingerprint density at radius 2 is 1.36 bits per heavy atom. The van der Waals surface area contributed by atoms with Gasteiger partial charge in [-0.15, -0.1) is 0 Å². The summed E-state index contributed by atoms with van der Waals surface area (Å²) in [6, 6.07) is 18.0. The second kappa shape index (κ2) is 5.45. The summed E-state index contributed by atoms with van der Waals surface area (Å²) in [5.74, 6) is 0.437. The Balaban J connectivity index is 2.22. The van der Waals surface area contributed by atoms with E-state index in [2.05, 4.69) is 0 Å². The lowest BCUT2D eigenvalue weighted by Gasteiger charge is -2.15. The molecule has 0 unspecified atom stereocenters. The summed E-state index contributed by atoms with van der Waals surface area (Å²) in [7, 11) is 0. The Labute approximate surface area is 129 Å². The molecule has 0 bridgehead atoms. The number of hydrogen-bond acceptors (Lipinski definition) is 3. The van der Waals surface area contributed by atoms with Gasteiger partial charge in [0.05, 0.1) is 0 Å². The summed E-state index contributed by atoms with van der Waals surface area (Å²) in [4.78, 5) is 0. The number of hydrogen-bond donors (Lipinski definition) is 3. The van der Waals surface area contributed by atoms with Gasteiger partial charge in [0.1, 0.15) is 11.5 Å². The van der Waals surface area contributed by atoms with Crippen LogP contribution in [-0.2, 0) is 0 Å². The van der Waals surface area contributed by atoms with Crippen LogP contribution >= 0.6 is 0 Å². The van der Waals surface area contributed by atoms with Gasteiger partial charge in [-0.25, -0.2) is 0 Å². The zero-order chi connectivity index (χ0) is 15.7. The van der Waals surface area contributed by atoms with Crippen molar-refractivity contribution in [2.24, 2.45) is 0 Å². The molecular formula is C19H17NO2. The maximum Gasteiger partial charge on any atom is 0.116 e. The number of benzene rings is 3. The fourth-order valence-corrected chi connectivity index (χ4v) is 2.76. The van der Waals surface area contributed by atoms with Crippen LogP contribution in [0.1, 0.15) is 5.56 Å². The first kappa shape index (κ1) is 14.0. The minimum absolute atomic E-state index is 0.207. The van der Waals surface area contributed by atoms with E-state index in [1.807, 2.05) is 37.3 Å². The zero-order valence-electron chi connectivity index (χ0n) is 12.2. The smallest absolute Gasteiger partial charge is 0.116 e. The van der Waals surface area contributed by atoms with Crippen molar-refractivity contribution in [1.82, 2.24) is 0 Å². The number of rotatable bonds is 2. The maximum absolute atomic E-state index is 9.71. The Hall–Kier alpha value is -2.94. The van der Waals surface area contributed by atoms with Gasteiger partial charge >= 0.3 is 0 Å². The lowest BCUT2D eigenvalue weighted by molar-refractivity contribution is 0.475. The summed E-state index contributed by atoms with van der Waals surface area (Å²) >= 11 is 0. The van der Waals surface area contributed by atoms with E-state index < -0.39 is 0 Å². The molecule has 4 N–H and O–H groups in total. The molecule has 0 aliphatic rings. The molecule has 3 aromatic carbocycles. The normalized spacial score (nSPS) is 10.6. The Kier molecular flexibility index (Phi) is 3.47. The predicted octanol–water partition coefficient (Wildman–Crippen LogP) is 4.32. The van der Waals surface area contributed by atoms with E-state index >= 15 is 0 Å². The van der Waals surface area contributed by atoms with Crippen molar-refractivity contribution in [2.45, 2.75) is 6.92 Å². The summed E-state index contributed by atoms with van der Waals surface area (Å²) in [6.45, 7) is 2.00. The molecule has 0 heterocycles. The van der Waals surface area contributed by atoms with Crippen molar-refractivity contribution >= 4 is 5.69 Å². The molecule has 0 aliphatic carbocycles. The van der Waals surface area contributed by atoms with E-state index in [9.17, 15) is 10.2 Å². The molecule has 0 fully saturated rings. The maximum atomic E-state index is 9.71. The van der Waals surface area contributed by atoms with Crippen LogP contribution in [-0.4, -0.2) is 10.2 Å². The Morgan fingerprint density at radius 3 is 2.00 bits per heavy atom. The van der Waals surface area contributed by atoms with Crippen molar-refractivity contribution in [1.29, 1.82) is 0 Å². The molecule has 3 nitrogen and oxygen atoms in total. The zero-order valence-corrected chi connectivity index (χ0v) is 12.2. The summed E-state index contributed by atoms with van der Waals surface area (Å²) in [5, 5.41) is 19.4. The Morgan fingerprint density at radius 1 is 0.773 bits per heavy atom. The number of phenols is 2. The van der Waals surface area contributed by atoms with Crippen molar-refractivity contribution in [3.63, 3.8) is 0 Å². The molecule has 0 amide bonds. The largest absolute Gasteiger partial charge is 0.508 e. The van der Waals surface area contributed by atoms with Crippen LogP contribution in [0, 0.1) is 6.92 Å². The van der Waals surface area contributed by atoms with Crippen LogP contribution < -0.4 is 5.73 Å². The van der Waals surface area contributed by atoms with Gasteiger partial charge in [-0.3, -0.25) is 0 Å². The average Bonchev–Trinajstić information content (AvgIpc) is 2.47. The standard InChI is InChI=1S/C19H17NO2/c1-12-17(13-4-2-6-15(21)10-13)8-9-18(20)19(12)14-5-3-7-16(22)11-14/h2-11,21-22H,20H2,1H3. The predicted molar refractivity (Wildman–Crippen MR) is 89.8 cm³/mol. The number of aromatic hydroxyl groups is 2. The van der Waals surface area contributed by atoms with Gasteiger partial charge in [-0.05, 0) is 59.5 Å². The topological polar surface area (TPSA) is 66.5 Å². The second-order valence-corrected chi connectivity index (χ2v) is 5.30. The van der Waals surface area contributed by atoms with E-state index in [1.54, 1.807) is 30.3 Å². The number of nitrogen functional groups attached to an aromatic ring is 1. The highest BCUT2D eigenvalue weighted by Crippen LogP contribution is 2.37. The molecular weight excluding hydrogens is 274 g/mol. The van der Waals surface area contributed by atoms with Gasteiger partial charge < -0.3 is 15.9 Å². The first-order chi connectivity index (χ1) is 10.6. The first-order valence-corrected chi connectivity index (χ1v) is 7.04. The van der Waals surface area contributed by atoms with Crippen molar-refractivity contribution in [2.75, 3.05) is 5.73 Å². The lowest BCUT2D eigenvalue weighted by atomic mass is 9.91. The van der Waals surface area contributed by atoms with E-state index in [-0.39, 0.29) is 11.5 Å². The SMILES string of the molecule is Cc1c(-c2cccc(O)c2)ccc(N)c1-c1cccc(O)c1. The summed E-state index contributed by atoms with van der Waals surface area (Å²) in [6.07, 6.45) is 0. The molecule has 22 heavy (non-hydrogen) atoms. The van der Waals surface area contributed by atoms with E-state index in [0.717, 1.165) is 27.8 Å². The third-order valence-electron chi connectivity index (χ3n) is 3.79. The summed E-state index contributed by atoms with van der Waals surface area (Å²) < 4.78 is 0. The monoisotopic (exact) mass is 291 g/mol. The second-order valence-electron chi connectivity index (χ2n) is 5.30. The highest BCUT2D eigenvalue weighted by Gasteiger charge is 2.12. The fourth-order valence-electron chi connectivity index (χ4n) is 2.76.